The summed E-state index contributed by atoms with van der Waals surface area (Å²) in [6, 6.07) is 4.92. The Morgan fingerprint density at radius 3 is 2.93 bits per heavy atom. The molecule has 0 amide bonds. The molecule has 0 spiro atoms. The van der Waals surface area contributed by atoms with Crippen LogP contribution in [0.5, 0.6) is 0 Å². The fourth-order valence-electron chi connectivity index (χ4n) is 2.48. The number of aryl methyl sites for hydroxylation is 1. The maximum atomic E-state index is 13.2. The Bertz CT molecular complexity index is 375. The van der Waals surface area contributed by atoms with E-state index in [2.05, 4.69) is 6.92 Å². The number of hydrogen-bond donors (Lipinski definition) is 1. The van der Waals surface area contributed by atoms with Crippen LogP contribution in [0.4, 0.5) is 4.39 Å². The summed E-state index contributed by atoms with van der Waals surface area (Å²) in [6.07, 6.45) is 3.30. The quantitative estimate of drug-likeness (QED) is 0.809. The van der Waals surface area contributed by atoms with E-state index < -0.39 is 0 Å². The zero-order valence-corrected chi connectivity index (χ0v) is 9.39. The normalized spacial score (nSPS) is 29.2. The lowest BCUT2D eigenvalue weighted by Gasteiger charge is -2.15. The minimum Gasteiger partial charge on any atom is -0.321 e. The van der Waals surface area contributed by atoms with Gasteiger partial charge in [-0.2, -0.15) is 0 Å². The van der Waals surface area contributed by atoms with Gasteiger partial charge in [-0.1, -0.05) is 19.4 Å². The third-order valence-corrected chi connectivity index (χ3v) is 3.49. The molecule has 82 valence electrons. The maximum Gasteiger partial charge on any atom is 0.123 e. The lowest BCUT2D eigenvalue weighted by molar-refractivity contribution is 0.570. The largest absolute Gasteiger partial charge is 0.321 e. The molecule has 1 aromatic carbocycles. The van der Waals surface area contributed by atoms with Crippen LogP contribution in [0.25, 0.3) is 0 Å². The van der Waals surface area contributed by atoms with Gasteiger partial charge in [0.2, 0.25) is 0 Å². The number of halogens is 1. The van der Waals surface area contributed by atoms with Crippen LogP contribution in [0.3, 0.4) is 0 Å². The molecular formula is C13H18FN. The van der Waals surface area contributed by atoms with Gasteiger partial charge >= 0.3 is 0 Å². The topological polar surface area (TPSA) is 26.0 Å². The summed E-state index contributed by atoms with van der Waals surface area (Å²) < 4.78 is 13.2. The van der Waals surface area contributed by atoms with E-state index in [1.54, 1.807) is 6.07 Å². The molecule has 0 heterocycles. The van der Waals surface area contributed by atoms with Crippen LogP contribution >= 0.6 is 0 Å². The summed E-state index contributed by atoms with van der Waals surface area (Å²) >= 11 is 0. The van der Waals surface area contributed by atoms with Crippen molar-refractivity contribution in [1.82, 2.24) is 0 Å². The Hall–Kier alpha value is -0.890. The highest BCUT2D eigenvalue weighted by atomic mass is 19.1. The first-order valence-electron chi connectivity index (χ1n) is 5.63. The molecule has 1 saturated carbocycles. The predicted octanol–water partition coefficient (Wildman–Crippen LogP) is 3.11. The summed E-state index contributed by atoms with van der Waals surface area (Å²) in [4.78, 5) is 0. The molecule has 0 saturated heterocycles. The van der Waals surface area contributed by atoms with Crippen molar-refractivity contribution < 1.29 is 4.39 Å². The van der Waals surface area contributed by atoms with Gasteiger partial charge in [-0.15, -0.1) is 0 Å². The predicted molar refractivity (Wildman–Crippen MR) is 60.0 cm³/mol. The van der Waals surface area contributed by atoms with E-state index in [4.69, 9.17) is 5.73 Å². The molecule has 1 aliphatic rings. The van der Waals surface area contributed by atoms with Gasteiger partial charge in [0.15, 0.2) is 0 Å². The molecule has 1 aromatic rings. The van der Waals surface area contributed by atoms with Gasteiger partial charge in [-0.3, -0.25) is 0 Å². The lowest BCUT2D eigenvalue weighted by atomic mass is 9.96. The molecule has 2 atom stereocenters. The van der Waals surface area contributed by atoms with Crippen LogP contribution in [0.15, 0.2) is 18.2 Å². The number of rotatable bonds is 3. The fraction of sp³-hybridized carbons (Fsp3) is 0.538. The Morgan fingerprint density at radius 1 is 1.53 bits per heavy atom. The summed E-state index contributed by atoms with van der Waals surface area (Å²) in [7, 11) is 0. The molecule has 0 aromatic heterocycles. The SMILES string of the molecule is CCCC1CC1(N)c1cc(F)ccc1C. The molecule has 2 unspecified atom stereocenters. The second-order valence-electron chi connectivity index (χ2n) is 4.69. The molecular weight excluding hydrogens is 189 g/mol. The van der Waals surface area contributed by atoms with Crippen molar-refractivity contribution in [2.75, 3.05) is 0 Å². The molecule has 15 heavy (non-hydrogen) atoms. The van der Waals surface area contributed by atoms with Crippen LogP contribution in [0.2, 0.25) is 0 Å². The molecule has 0 radical (unpaired) electrons. The van der Waals surface area contributed by atoms with Gasteiger partial charge in [-0.25, -0.2) is 4.39 Å². The Labute approximate surface area is 90.5 Å². The molecule has 2 heteroatoms. The van der Waals surface area contributed by atoms with Gasteiger partial charge in [0.25, 0.3) is 0 Å². The second-order valence-corrected chi connectivity index (χ2v) is 4.69. The summed E-state index contributed by atoms with van der Waals surface area (Å²) in [6.45, 7) is 4.17. The van der Waals surface area contributed by atoms with E-state index in [-0.39, 0.29) is 11.4 Å². The van der Waals surface area contributed by atoms with Crippen molar-refractivity contribution >= 4 is 0 Å². The number of nitrogens with two attached hydrogens (primary N) is 1. The third kappa shape index (κ3) is 1.78. The van der Waals surface area contributed by atoms with Crippen LogP contribution in [-0.2, 0) is 5.54 Å². The van der Waals surface area contributed by atoms with Crippen molar-refractivity contribution in [2.45, 2.75) is 38.6 Å². The number of benzene rings is 1. The lowest BCUT2D eigenvalue weighted by Crippen LogP contribution is -2.23. The van der Waals surface area contributed by atoms with Crippen molar-refractivity contribution in [3.8, 4) is 0 Å². The smallest absolute Gasteiger partial charge is 0.123 e. The first kappa shape index (κ1) is 10.6. The van der Waals surface area contributed by atoms with Crippen molar-refractivity contribution in [3.63, 3.8) is 0 Å². The first-order chi connectivity index (χ1) is 7.08. The molecule has 0 aliphatic heterocycles. The maximum absolute atomic E-state index is 13.2. The molecule has 2 N–H and O–H groups in total. The average molecular weight is 207 g/mol. The molecule has 0 bridgehead atoms. The second kappa shape index (κ2) is 3.60. The molecule has 1 aliphatic carbocycles. The third-order valence-electron chi connectivity index (χ3n) is 3.49. The van der Waals surface area contributed by atoms with E-state index in [0.717, 1.165) is 30.4 Å². The van der Waals surface area contributed by atoms with E-state index in [9.17, 15) is 4.39 Å². The standard InChI is InChI=1S/C13H18FN/c1-3-4-10-8-13(10,15)12-7-11(14)6-5-9(12)2/h5-7,10H,3-4,8,15H2,1-2H3. The average Bonchev–Trinajstić information content (AvgIpc) is 2.83. The van der Waals surface area contributed by atoms with Crippen LogP contribution in [-0.4, -0.2) is 0 Å². The van der Waals surface area contributed by atoms with Crippen LogP contribution in [0, 0.1) is 18.7 Å². The van der Waals surface area contributed by atoms with E-state index in [1.807, 2.05) is 13.0 Å². The zero-order chi connectivity index (χ0) is 11.1. The molecule has 1 fully saturated rings. The van der Waals surface area contributed by atoms with Crippen molar-refractivity contribution in [2.24, 2.45) is 11.7 Å². The first-order valence-corrected chi connectivity index (χ1v) is 5.63. The van der Waals surface area contributed by atoms with E-state index in [0.29, 0.717) is 5.92 Å². The van der Waals surface area contributed by atoms with Crippen molar-refractivity contribution in [3.05, 3.63) is 35.1 Å². The van der Waals surface area contributed by atoms with Crippen LogP contribution in [0.1, 0.15) is 37.3 Å². The molecule has 1 nitrogen and oxygen atoms in total. The van der Waals surface area contributed by atoms with Gasteiger partial charge in [-0.05, 0) is 48.9 Å². The Kier molecular flexibility index (Phi) is 2.55. The van der Waals surface area contributed by atoms with Crippen molar-refractivity contribution in [1.29, 1.82) is 0 Å². The summed E-state index contributed by atoms with van der Waals surface area (Å²) in [5.74, 6) is 0.366. The highest BCUT2D eigenvalue weighted by molar-refractivity contribution is 5.38. The fourth-order valence-corrected chi connectivity index (χ4v) is 2.48. The molecule has 2 rings (SSSR count). The summed E-state index contributed by atoms with van der Waals surface area (Å²) in [5, 5.41) is 0. The van der Waals surface area contributed by atoms with E-state index >= 15 is 0 Å². The Morgan fingerprint density at radius 2 is 2.27 bits per heavy atom. The highest BCUT2D eigenvalue weighted by Crippen LogP contribution is 2.52. The van der Waals surface area contributed by atoms with Gasteiger partial charge in [0, 0.05) is 5.54 Å². The monoisotopic (exact) mass is 207 g/mol. The van der Waals surface area contributed by atoms with Gasteiger partial charge < -0.3 is 5.73 Å². The van der Waals surface area contributed by atoms with Gasteiger partial charge in [0.1, 0.15) is 5.82 Å². The number of hydrogen-bond acceptors (Lipinski definition) is 1. The minimum atomic E-state index is -0.248. The van der Waals surface area contributed by atoms with E-state index in [1.165, 1.54) is 6.07 Å². The minimum absolute atomic E-state index is 0.178. The highest BCUT2D eigenvalue weighted by Gasteiger charge is 2.51. The van der Waals surface area contributed by atoms with Gasteiger partial charge in [0.05, 0.1) is 0 Å². The summed E-state index contributed by atoms with van der Waals surface area (Å²) in [5.41, 5.74) is 8.16. The zero-order valence-electron chi connectivity index (χ0n) is 9.39. The van der Waals surface area contributed by atoms with Crippen LogP contribution < -0.4 is 5.73 Å². The Balaban J connectivity index is 2.27.